The van der Waals surface area contributed by atoms with E-state index in [1.807, 2.05) is 36.4 Å². The lowest BCUT2D eigenvalue weighted by atomic mass is 10.1. The summed E-state index contributed by atoms with van der Waals surface area (Å²) in [6.45, 7) is 5.10. The summed E-state index contributed by atoms with van der Waals surface area (Å²) in [5.74, 6) is 1.66. The Kier molecular flexibility index (Phi) is 4.52. The lowest BCUT2D eigenvalue weighted by Gasteiger charge is -2.10. The molecule has 0 radical (unpaired) electrons. The second-order valence-electron chi connectivity index (χ2n) is 5.27. The summed E-state index contributed by atoms with van der Waals surface area (Å²) < 4.78 is 13.0. The maximum Gasteiger partial charge on any atom is 0.143 e. The van der Waals surface area contributed by atoms with Crippen LogP contribution < -0.4 is 9.47 Å². The SMILES string of the molecule is Cc1cc(C)cc(OCCOc2ccc(-n3cnnn3)cc2)c1. The Balaban J connectivity index is 1.49. The van der Waals surface area contributed by atoms with E-state index < -0.39 is 0 Å². The Morgan fingerprint density at radius 3 is 2.13 bits per heavy atom. The minimum atomic E-state index is 0.483. The molecule has 6 heteroatoms. The van der Waals surface area contributed by atoms with E-state index in [9.17, 15) is 0 Å². The highest BCUT2D eigenvalue weighted by Gasteiger charge is 2.00. The number of hydrogen-bond acceptors (Lipinski definition) is 5. The summed E-state index contributed by atoms with van der Waals surface area (Å²) in [7, 11) is 0. The summed E-state index contributed by atoms with van der Waals surface area (Å²) in [5, 5.41) is 11.0. The van der Waals surface area contributed by atoms with Crippen LogP contribution in [0.3, 0.4) is 0 Å². The molecule has 0 N–H and O–H groups in total. The molecule has 0 spiro atoms. The van der Waals surface area contributed by atoms with E-state index in [4.69, 9.17) is 9.47 Å². The van der Waals surface area contributed by atoms with Gasteiger partial charge in [0.15, 0.2) is 0 Å². The van der Waals surface area contributed by atoms with Gasteiger partial charge in [0.2, 0.25) is 0 Å². The van der Waals surface area contributed by atoms with Crippen molar-refractivity contribution in [3.05, 3.63) is 59.9 Å². The first-order valence-corrected chi connectivity index (χ1v) is 7.38. The molecule has 6 nitrogen and oxygen atoms in total. The average Bonchev–Trinajstić information content (AvgIpc) is 3.06. The number of rotatable bonds is 6. The first kappa shape index (κ1) is 15.0. The normalized spacial score (nSPS) is 10.5. The van der Waals surface area contributed by atoms with Gasteiger partial charge in [-0.05, 0) is 71.8 Å². The van der Waals surface area contributed by atoms with Crippen LogP contribution in [-0.2, 0) is 0 Å². The highest BCUT2D eigenvalue weighted by Crippen LogP contribution is 2.17. The monoisotopic (exact) mass is 310 g/mol. The fourth-order valence-electron chi connectivity index (χ4n) is 2.31. The van der Waals surface area contributed by atoms with Crippen LogP contribution in [-0.4, -0.2) is 33.4 Å². The molecule has 0 atom stereocenters. The van der Waals surface area contributed by atoms with E-state index in [-0.39, 0.29) is 0 Å². The minimum Gasteiger partial charge on any atom is -0.490 e. The fraction of sp³-hybridized carbons (Fsp3) is 0.235. The Morgan fingerprint density at radius 1 is 0.870 bits per heavy atom. The van der Waals surface area contributed by atoms with Crippen molar-refractivity contribution in [3.63, 3.8) is 0 Å². The van der Waals surface area contributed by atoms with Gasteiger partial charge in [-0.3, -0.25) is 0 Å². The molecule has 0 saturated heterocycles. The van der Waals surface area contributed by atoms with Gasteiger partial charge >= 0.3 is 0 Å². The van der Waals surface area contributed by atoms with Crippen molar-refractivity contribution in [2.75, 3.05) is 13.2 Å². The van der Waals surface area contributed by atoms with Crippen molar-refractivity contribution < 1.29 is 9.47 Å². The molecule has 0 fully saturated rings. The number of hydrogen-bond donors (Lipinski definition) is 0. The first-order chi connectivity index (χ1) is 11.2. The van der Waals surface area contributed by atoms with E-state index in [0.717, 1.165) is 17.2 Å². The number of ether oxygens (including phenoxy) is 2. The lowest BCUT2D eigenvalue weighted by Crippen LogP contribution is -2.09. The van der Waals surface area contributed by atoms with Crippen molar-refractivity contribution in [3.8, 4) is 17.2 Å². The second-order valence-corrected chi connectivity index (χ2v) is 5.27. The smallest absolute Gasteiger partial charge is 0.143 e. The van der Waals surface area contributed by atoms with Crippen LogP contribution in [0.15, 0.2) is 48.8 Å². The average molecular weight is 310 g/mol. The van der Waals surface area contributed by atoms with Crippen molar-refractivity contribution in [1.82, 2.24) is 20.2 Å². The third kappa shape index (κ3) is 4.06. The Hall–Kier alpha value is -2.89. The molecule has 0 amide bonds. The third-order valence-corrected chi connectivity index (χ3v) is 3.27. The number of tetrazole rings is 1. The van der Waals surface area contributed by atoms with Gasteiger partial charge in [0.05, 0.1) is 5.69 Å². The molecule has 0 unspecified atom stereocenters. The first-order valence-electron chi connectivity index (χ1n) is 7.38. The van der Waals surface area contributed by atoms with E-state index >= 15 is 0 Å². The fourth-order valence-corrected chi connectivity index (χ4v) is 2.31. The summed E-state index contributed by atoms with van der Waals surface area (Å²) in [6, 6.07) is 13.7. The third-order valence-electron chi connectivity index (χ3n) is 3.27. The molecule has 0 saturated carbocycles. The Labute approximate surface area is 134 Å². The van der Waals surface area contributed by atoms with Gasteiger partial charge in [0, 0.05) is 0 Å². The standard InChI is InChI=1S/C17H18N4O2/c1-13-9-14(2)11-17(10-13)23-8-7-22-16-5-3-15(4-6-16)21-12-18-19-20-21/h3-6,9-12H,7-8H2,1-2H3. The molecular formula is C17H18N4O2. The van der Waals surface area contributed by atoms with Gasteiger partial charge in [0.1, 0.15) is 31.0 Å². The summed E-state index contributed by atoms with van der Waals surface area (Å²) in [4.78, 5) is 0. The molecule has 0 aliphatic heterocycles. The molecule has 118 valence electrons. The van der Waals surface area contributed by atoms with Crippen molar-refractivity contribution in [2.45, 2.75) is 13.8 Å². The van der Waals surface area contributed by atoms with Gasteiger partial charge in [-0.25, -0.2) is 4.68 Å². The van der Waals surface area contributed by atoms with Gasteiger partial charge < -0.3 is 9.47 Å². The summed E-state index contributed by atoms with van der Waals surface area (Å²) in [5.41, 5.74) is 3.27. The summed E-state index contributed by atoms with van der Waals surface area (Å²) >= 11 is 0. The van der Waals surface area contributed by atoms with Crippen molar-refractivity contribution >= 4 is 0 Å². The van der Waals surface area contributed by atoms with Crippen LogP contribution in [0.25, 0.3) is 5.69 Å². The highest BCUT2D eigenvalue weighted by molar-refractivity contribution is 5.36. The quantitative estimate of drug-likeness (QED) is 0.655. The highest BCUT2D eigenvalue weighted by atomic mass is 16.5. The van der Waals surface area contributed by atoms with E-state index in [1.165, 1.54) is 11.1 Å². The molecule has 23 heavy (non-hydrogen) atoms. The molecule has 1 aromatic heterocycles. The van der Waals surface area contributed by atoms with Crippen LogP contribution >= 0.6 is 0 Å². The largest absolute Gasteiger partial charge is 0.490 e. The molecule has 0 aliphatic carbocycles. The maximum atomic E-state index is 5.72. The minimum absolute atomic E-state index is 0.483. The molecule has 1 heterocycles. The molecular weight excluding hydrogens is 292 g/mol. The molecule has 3 rings (SSSR count). The topological polar surface area (TPSA) is 62.1 Å². The van der Waals surface area contributed by atoms with Crippen LogP contribution in [0.2, 0.25) is 0 Å². The van der Waals surface area contributed by atoms with Crippen LogP contribution in [0.1, 0.15) is 11.1 Å². The van der Waals surface area contributed by atoms with Crippen LogP contribution in [0, 0.1) is 13.8 Å². The van der Waals surface area contributed by atoms with Gasteiger partial charge in [-0.1, -0.05) is 6.07 Å². The molecule has 3 aromatic rings. The van der Waals surface area contributed by atoms with Crippen LogP contribution in [0.4, 0.5) is 0 Å². The van der Waals surface area contributed by atoms with E-state index in [0.29, 0.717) is 13.2 Å². The second kappa shape index (κ2) is 6.91. The predicted molar refractivity (Wildman–Crippen MR) is 86.1 cm³/mol. The zero-order valence-corrected chi connectivity index (χ0v) is 13.1. The number of aromatic nitrogens is 4. The zero-order chi connectivity index (χ0) is 16.1. The Bertz CT molecular complexity index is 735. The van der Waals surface area contributed by atoms with Crippen molar-refractivity contribution in [2.24, 2.45) is 0 Å². The predicted octanol–water partition coefficient (Wildman–Crippen LogP) is 2.74. The van der Waals surface area contributed by atoms with Crippen LogP contribution in [0.5, 0.6) is 11.5 Å². The van der Waals surface area contributed by atoms with E-state index in [1.54, 1.807) is 11.0 Å². The molecule has 0 bridgehead atoms. The molecule has 0 aliphatic rings. The number of aryl methyl sites for hydroxylation is 2. The van der Waals surface area contributed by atoms with Crippen molar-refractivity contribution in [1.29, 1.82) is 0 Å². The van der Waals surface area contributed by atoms with Gasteiger partial charge in [-0.15, -0.1) is 5.10 Å². The van der Waals surface area contributed by atoms with Gasteiger partial charge in [-0.2, -0.15) is 0 Å². The maximum absolute atomic E-state index is 5.72. The number of nitrogens with zero attached hydrogens (tertiary/aromatic N) is 4. The lowest BCUT2D eigenvalue weighted by molar-refractivity contribution is 0.217. The number of benzene rings is 2. The zero-order valence-electron chi connectivity index (χ0n) is 13.1. The van der Waals surface area contributed by atoms with Gasteiger partial charge in [0.25, 0.3) is 0 Å². The van der Waals surface area contributed by atoms with E-state index in [2.05, 4.69) is 35.4 Å². The Morgan fingerprint density at radius 2 is 1.52 bits per heavy atom. The summed E-state index contributed by atoms with van der Waals surface area (Å²) in [6.07, 6.45) is 1.55. The molecule has 2 aromatic carbocycles.